The number of carbonyl (C=O) groups is 2. The number of hydrogen-bond donors (Lipinski definition) is 3. The van der Waals surface area contributed by atoms with Crippen LogP contribution in [0.25, 0.3) is 0 Å². The third kappa shape index (κ3) is 3.82. The average Bonchev–Trinajstić information content (AvgIpc) is 2.49. The fourth-order valence-electron chi connectivity index (χ4n) is 1.86. The van der Waals surface area contributed by atoms with Crippen molar-refractivity contribution in [3.63, 3.8) is 0 Å². The van der Waals surface area contributed by atoms with Gasteiger partial charge in [0, 0.05) is 24.0 Å². The molecule has 0 radical (unpaired) electrons. The van der Waals surface area contributed by atoms with Gasteiger partial charge in [-0.15, -0.1) is 0 Å². The molecule has 0 spiro atoms. The minimum absolute atomic E-state index is 0.153. The van der Waals surface area contributed by atoms with Crippen LogP contribution >= 0.6 is 0 Å². The van der Waals surface area contributed by atoms with Crippen molar-refractivity contribution in [3.05, 3.63) is 59.7 Å². The molecule has 21 heavy (non-hydrogen) atoms. The Bertz CT molecular complexity index is 651. The Morgan fingerprint density at radius 2 is 1.43 bits per heavy atom. The Morgan fingerprint density at radius 3 is 2.00 bits per heavy atom. The summed E-state index contributed by atoms with van der Waals surface area (Å²) in [7, 11) is 1.55. The second kappa shape index (κ2) is 6.56. The highest BCUT2D eigenvalue weighted by atomic mass is 16.2. The summed E-state index contributed by atoms with van der Waals surface area (Å²) in [6, 6.07) is 14.0. The Morgan fingerprint density at radius 1 is 0.857 bits per heavy atom. The van der Waals surface area contributed by atoms with Gasteiger partial charge in [0.25, 0.3) is 5.91 Å². The summed E-state index contributed by atoms with van der Waals surface area (Å²) in [6.45, 7) is 1.89. The maximum absolute atomic E-state index is 12.2. The Hall–Kier alpha value is -2.82. The molecular weight excluding hydrogens is 266 g/mol. The standard InChI is InChI=1S/C16H17N3O2/c1-11-5-3-4-6-14(11)15(20)18-12-7-9-13(10-8-12)19-16(21)17-2/h3-10H,1-2H3,(H,18,20)(H2,17,19,21). The van der Waals surface area contributed by atoms with E-state index in [4.69, 9.17) is 0 Å². The molecule has 0 heterocycles. The molecule has 0 aromatic heterocycles. The number of aryl methyl sites for hydroxylation is 1. The number of carbonyl (C=O) groups excluding carboxylic acids is 2. The lowest BCUT2D eigenvalue weighted by atomic mass is 10.1. The van der Waals surface area contributed by atoms with Crippen molar-refractivity contribution in [2.75, 3.05) is 17.7 Å². The first-order valence-electron chi connectivity index (χ1n) is 6.56. The second-order valence-electron chi connectivity index (χ2n) is 4.55. The Labute approximate surface area is 123 Å². The van der Waals surface area contributed by atoms with Crippen LogP contribution in [0.3, 0.4) is 0 Å². The van der Waals surface area contributed by atoms with Gasteiger partial charge in [0.1, 0.15) is 0 Å². The van der Waals surface area contributed by atoms with Gasteiger partial charge >= 0.3 is 6.03 Å². The molecule has 0 unspecified atom stereocenters. The number of urea groups is 1. The van der Waals surface area contributed by atoms with E-state index in [1.54, 1.807) is 37.4 Å². The second-order valence-corrected chi connectivity index (χ2v) is 4.55. The molecule has 3 N–H and O–H groups in total. The topological polar surface area (TPSA) is 70.2 Å². The summed E-state index contributed by atoms with van der Waals surface area (Å²) in [5.41, 5.74) is 2.90. The summed E-state index contributed by atoms with van der Waals surface area (Å²) in [6.07, 6.45) is 0. The maximum atomic E-state index is 12.2. The molecule has 3 amide bonds. The Balaban J connectivity index is 2.05. The van der Waals surface area contributed by atoms with Crippen LogP contribution in [0.4, 0.5) is 16.2 Å². The van der Waals surface area contributed by atoms with Gasteiger partial charge in [-0.3, -0.25) is 4.79 Å². The van der Waals surface area contributed by atoms with Crippen molar-refractivity contribution in [1.29, 1.82) is 0 Å². The van der Waals surface area contributed by atoms with Gasteiger partial charge < -0.3 is 16.0 Å². The van der Waals surface area contributed by atoms with Crippen molar-refractivity contribution >= 4 is 23.3 Å². The first kappa shape index (κ1) is 14.6. The van der Waals surface area contributed by atoms with Gasteiger partial charge in [-0.25, -0.2) is 4.79 Å². The normalized spacial score (nSPS) is 9.81. The molecule has 108 valence electrons. The van der Waals surface area contributed by atoms with Crippen molar-refractivity contribution in [2.45, 2.75) is 6.92 Å². The van der Waals surface area contributed by atoms with E-state index < -0.39 is 0 Å². The van der Waals surface area contributed by atoms with Crippen molar-refractivity contribution < 1.29 is 9.59 Å². The predicted molar refractivity (Wildman–Crippen MR) is 83.7 cm³/mol. The van der Waals surface area contributed by atoms with Crippen molar-refractivity contribution in [3.8, 4) is 0 Å². The lowest BCUT2D eigenvalue weighted by Gasteiger charge is -2.09. The highest BCUT2D eigenvalue weighted by Crippen LogP contribution is 2.15. The van der Waals surface area contributed by atoms with Crippen LogP contribution in [0.5, 0.6) is 0 Å². The third-order valence-electron chi connectivity index (χ3n) is 3.02. The average molecular weight is 283 g/mol. The molecule has 0 aliphatic carbocycles. The molecule has 5 heteroatoms. The van der Waals surface area contributed by atoms with E-state index in [-0.39, 0.29) is 11.9 Å². The molecule has 0 fully saturated rings. The predicted octanol–water partition coefficient (Wildman–Crippen LogP) is 3.00. The smallest absolute Gasteiger partial charge is 0.318 e. The lowest BCUT2D eigenvalue weighted by molar-refractivity contribution is 0.102. The van der Waals surface area contributed by atoms with Gasteiger partial charge in [-0.2, -0.15) is 0 Å². The summed E-state index contributed by atoms with van der Waals surface area (Å²) < 4.78 is 0. The zero-order valence-electron chi connectivity index (χ0n) is 11.9. The van der Waals surface area contributed by atoms with Gasteiger partial charge in [0.05, 0.1) is 0 Å². The molecule has 0 saturated heterocycles. The SMILES string of the molecule is CNC(=O)Nc1ccc(NC(=O)c2ccccc2C)cc1. The quantitative estimate of drug-likeness (QED) is 0.810. The molecule has 0 aliphatic rings. The minimum Gasteiger partial charge on any atom is -0.341 e. The highest BCUT2D eigenvalue weighted by Gasteiger charge is 2.08. The fraction of sp³-hybridized carbons (Fsp3) is 0.125. The van der Waals surface area contributed by atoms with Gasteiger partial charge in [0.2, 0.25) is 0 Å². The summed E-state index contributed by atoms with van der Waals surface area (Å²) in [4.78, 5) is 23.3. The fourth-order valence-corrected chi connectivity index (χ4v) is 1.86. The van der Waals surface area contributed by atoms with Gasteiger partial charge in [-0.1, -0.05) is 18.2 Å². The van der Waals surface area contributed by atoms with Gasteiger partial charge in [-0.05, 0) is 42.8 Å². The van der Waals surface area contributed by atoms with E-state index in [0.29, 0.717) is 16.9 Å². The van der Waals surface area contributed by atoms with Crippen LogP contribution in [0.2, 0.25) is 0 Å². The van der Waals surface area contributed by atoms with Gasteiger partial charge in [0.15, 0.2) is 0 Å². The van der Waals surface area contributed by atoms with Crippen LogP contribution in [-0.2, 0) is 0 Å². The number of hydrogen-bond acceptors (Lipinski definition) is 2. The molecule has 2 rings (SSSR count). The molecule has 0 bridgehead atoms. The molecule has 2 aromatic carbocycles. The highest BCUT2D eigenvalue weighted by molar-refractivity contribution is 6.05. The van der Waals surface area contributed by atoms with E-state index in [1.165, 1.54) is 0 Å². The number of rotatable bonds is 3. The molecule has 2 aromatic rings. The van der Waals surface area contributed by atoms with Crippen LogP contribution in [0, 0.1) is 6.92 Å². The summed E-state index contributed by atoms with van der Waals surface area (Å²) >= 11 is 0. The van der Waals surface area contributed by atoms with Crippen LogP contribution in [-0.4, -0.2) is 19.0 Å². The molecule has 0 aliphatic heterocycles. The molecule has 5 nitrogen and oxygen atoms in total. The summed E-state index contributed by atoms with van der Waals surface area (Å²) in [5, 5.41) is 7.94. The Kier molecular flexibility index (Phi) is 4.56. The number of benzene rings is 2. The number of amides is 3. The van der Waals surface area contributed by atoms with Crippen LogP contribution in [0.15, 0.2) is 48.5 Å². The van der Waals surface area contributed by atoms with E-state index in [1.807, 2.05) is 25.1 Å². The zero-order valence-corrected chi connectivity index (χ0v) is 11.9. The van der Waals surface area contributed by atoms with E-state index in [0.717, 1.165) is 5.56 Å². The van der Waals surface area contributed by atoms with E-state index in [2.05, 4.69) is 16.0 Å². The van der Waals surface area contributed by atoms with Crippen LogP contribution in [0.1, 0.15) is 15.9 Å². The number of nitrogens with one attached hydrogen (secondary N) is 3. The molecule has 0 saturated carbocycles. The van der Waals surface area contributed by atoms with Crippen molar-refractivity contribution in [1.82, 2.24) is 5.32 Å². The molecule has 0 atom stereocenters. The lowest BCUT2D eigenvalue weighted by Crippen LogP contribution is -2.24. The summed E-state index contributed by atoms with van der Waals surface area (Å²) in [5.74, 6) is -0.153. The van der Waals surface area contributed by atoms with E-state index >= 15 is 0 Å². The zero-order chi connectivity index (χ0) is 15.2. The minimum atomic E-state index is -0.285. The number of anilines is 2. The largest absolute Gasteiger partial charge is 0.341 e. The van der Waals surface area contributed by atoms with Crippen molar-refractivity contribution in [2.24, 2.45) is 0 Å². The first-order valence-corrected chi connectivity index (χ1v) is 6.56. The third-order valence-corrected chi connectivity index (χ3v) is 3.02. The monoisotopic (exact) mass is 283 g/mol. The first-order chi connectivity index (χ1) is 10.1. The molecular formula is C16H17N3O2. The van der Waals surface area contributed by atoms with E-state index in [9.17, 15) is 9.59 Å². The maximum Gasteiger partial charge on any atom is 0.318 e. The van der Waals surface area contributed by atoms with Crippen LogP contribution < -0.4 is 16.0 Å².